The normalized spacial score (nSPS) is 14.4. The zero-order valence-electron chi connectivity index (χ0n) is 16.3. The van der Waals surface area contributed by atoms with Gasteiger partial charge in [0.05, 0.1) is 6.61 Å². The number of Topliss-reactive ketones (excluding diaryl/α,β-unsaturated/α-hetero) is 1. The van der Waals surface area contributed by atoms with Gasteiger partial charge in [0.15, 0.2) is 14.1 Å². The van der Waals surface area contributed by atoms with Gasteiger partial charge in [0, 0.05) is 5.56 Å². The predicted molar refractivity (Wildman–Crippen MR) is 107 cm³/mol. The van der Waals surface area contributed by atoms with Crippen molar-refractivity contribution >= 4 is 19.7 Å². The standard InChI is InChI=1S/C21H32O2Si/c1-9-16(2)14-20(15-23-24(7,8)21(4,5)6)19-12-10-18(11-13-19)17(3)22/h9-14,16H,1,15H2,2-8H3/b20-14-. The predicted octanol–water partition coefficient (Wildman–Crippen LogP) is 6.12. The number of carbonyl (C=O) groups is 1. The SMILES string of the molecule is C=CC(C)/C=C(/CO[Si](C)(C)C(C)(C)C)c1ccc(C(C)=O)cc1. The number of hydrogen-bond acceptors (Lipinski definition) is 2. The maximum atomic E-state index is 11.5. The molecule has 1 aromatic carbocycles. The fourth-order valence-corrected chi connectivity index (χ4v) is 2.96. The Hall–Kier alpha value is -1.45. The minimum atomic E-state index is -1.81. The molecule has 1 atom stereocenters. The summed E-state index contributed by atoms with van der Waals surface area (Å²) in [4.78, 5) is 11.5. The second-order valence-electron chi connectivity index (χ2n) is 7.97. The van der Waals surface area contributed by atoms with E-state index in [1.165, 1.54) is 0 Å². The highest BCUT2D eigenvalue weighted by Crippen LogP contribution is 2.37. The van der Waals surface area contributed by atoms with Crippen LogP contribution in [0.15, 0.2) is 43.0 Å². The third-order valence-corrected chi connectivity index (χ3v) is 9.37. The second-order valence-corrected chi connectivity index (χ2v) is 12.8. The van der Waals surface area contributed by atoms with Gasteiger partial charge < -0.3 is 4.43 Å². The molecule has 1 unspecified atom stereocenters. The maximum absolute atomic E-state index is 11.5. The van der Waals surface area contributed by atoms with Crippen LogP contribution in [0, 0.1) is 5.92 Å². The molecule has 1 rings (SSSR count). The highest BCUT2D eigenvalue weighted by molar-refractivity contribution is 6.74. The Morgan fingerprint density at radius 2 is 1.71 bits per heavy atom. The summed E-state index contributed by atoms with van der Waals surface area (Å²) < 4.78 is 6.40. The van der Waals surface area contributed by atoms with E-state index in [9.17, 15) is 4.79 Å². The van der Waals surface area contributed by atoms with Gasteiger partial charge in [-0.2, -0.15) is 0 Å². The average molecular weight is 345 g/mol. The molecule has 0 heterocycles. The highest BCUT2D eigenvalue weighted by Gasteiger charge is 2.37. The molecule has 1 aromatic rings. The molecule has 2 nitrogen and oxygen atoms in total. The van der Waals surface area contributed by atoms with Crippen LogP contribution in [0.3, 0.4) is 0 Å². The Bertz CT molecular complexity index is 604. The van der Waals surface area contributed by atoms with Crippen LogP contribution >= 0.6 is 0 Å². The Morgan fingerprint density at radius 3 is 2.12 bits per heavy atom. The van der Waals surface area contributed by atoms with Crippen LogP contribution in [-0.2, 0) is 4.43 Å². The summed E-state index contributed by atoms with van der Waals surface area (Å²) in [5.41, 5.74) is 3.00. The summed E-state index contributed by atoms with van der Waals surface area (Å²) in [6.45, 7) is 19.4. The first-order valence-corrected chi connectivity index (χ1v) is 11.5. The van der Waals surface area contributed by atoms with Crippen LogP contribution in [0.1, 0.15) is 50.5 Å². The van der Waals surface area contributed by atoms with Gasteiger partial charge in [-0.3, -0.25) is 4.79 Å². The van der Waals surface area contributed by atoms with Crippen molar-refractivity contribution in [3.05, 3.63) is 54.1 Å². The van der Waals surface area contributed by atoms with Gasteiger partial charge in [-0.1, -0.05) is 64.1 Å². The molecule has 24 heavy (non-hydrogen) atoms. The van der Waals surface area contributed by atoms with Gasteiger partial charge in [-0.05, 0) is 42.1 Å². The summed E-state index contributed by atoms with van der Waals surface area (Å²) in [6.07, 6.45) is 4.12. The molecule has 0 aromatic heterocycles. The van der Waals surface area contributed by atoms with Crippen LogP contribution in [0.25, 0.3) is 5.57 Å². The smallest absolute Gasteiger partial charge is 0.192 e. The van der Waals surface area contributed by atoms with Crippen LogP contribution in [0.4, 0.5) is 0 Å². The molecule has 0 amide bonds. The first kappa shape index (κ1) is 20.6. The minimum Gasteiger partial charge on any atom is -0.413 e. The number of ketones is 1. The second kappa shape index (κ2) is 8.08. The van der Waals surface area contributed by atoms with Crippen molar-refractivity contribution in [1.82, 2.24) is 0 Å². The van der Waals surface area contributed by atoms with E-state index in [2.05, 4.69) is 53.4 Å². The van der Waals surface area contributed by atoms with E-state index in [1.54, 1.807) is 6.92 Å². The third kappa shape index (κ3) is 5.57. The van der Waals surface area contributed by atoms with Crippen molar-refractivity contribution in [2.75, 3.05) is 6.61 Å². The first-order chi connectivity index (χ1) is 11.0. The fourth-order valence-electron chi connectivity index (χ4n) is 2.01. The van der Waals surface area contributed by atoms with E-state index in [-0.39, 0.29) is 16.7 Å². The van der Waals surface area contributed by atoms with Crippen LogP contribution in [0.2, 0.25) is 18.1 Å². The summed E-state index contributed by atoms with van der Waals surface area (Å²) in [5.74, 6) is 0.361. The molecule has 0 radical (unpaired) electrons. The van der Waals surface area contributed by atoms with E-state index in [4.69, 9.17) is 4.43 Å². The average Bonchev–Trinajstić information content (AvgIpc) is 2.50. The van der Waals surface area contributed by atoms with Crippen LogP contribution in [0.5, 0.6) is 0 Å². The zero-order chi connectivity index (χ0) is 18.5. The molecule has 0 aliphatic heterocycles. The molecule has 0 N–H and O–H groups in total. The van der Waals surface area contributed by atoms with E-state index in [1.807, 2.05) is 30.3 Å². The fraction of sp³-hybridized carbons (Fsp3) is 0.476. The van der Waals surface area contributed by atoms with Gasteiger partial charge >= 0.3 is 0 Å². The van der Waals surface area contributed by atoms with Crippen LogP contribution in [-0.4, -0.2) is 20.7 Å². The van der Waals surface area contributed by atoms with Crippen molar-refractivity contribution in [2.45, 2.75) is 52.8 Å². The number of rotatable bonds is 7. The molecule has 3 heteroatoms. The summed E-state index contributed by atoms with van der Waals surface area (Å²) in [7, 11) is -1.81. The van der Waals surface area contributed by atoms with E-state index < -0.39 is 8.32 Å². The Kier molecular flexibility index (Phi) is 6.93. The van der Waals surface area contributed by atoms with Gasteiger partial charge in [0.2, 0.25) is 0 Å². The first-order valence-electron chi connectivity index (χ1n) is 8.56. The van der Waals surface area contributed by atoms with Gasteiger partial charge in [-0.15, -0.1) is 6.58 Å². The van der Waals surface area contributed by atoms with Crippen molar-refractivity contribution < 1.29 is 9.22 Å². The van der Waals surface area contributed by atoms with Gasteiger partial charge in [0.1, 0.15) is 0 Å². The van der Waals surface area contributed by atoms with E-state index in [0.717, 1.165) is 16.7 Å². The lowest BCUT2D eigenvalue weighted by atomic mass is 9.99. The molecule has 0 spiro atoms. The number of hydrogen-bond donors (Lipinski definition) is 0. The molecule has 0 aliphatic rings. The van der Waals surface area contributed by atoms with E-state index in [0.29, 0.717) is 6.61 Å². The molecular weight excluding hydrogens is 312 g/mol. The summed E-state index contributed by atoms with van der Waals surface area (Å²) in [6, 6.07) is 7.79. The molecule has 132 valence electrons. The van der Waals surface area contributed by atoms with Crippen molar-refractivity contribution in [3.8, 4) is 0 Å². The minimum absolute atomic E-state index is 0.0871. The number of allylic oxidation sites excluding steroid dienone is 2. The topological polar surface area (TPSA) is 26.3 Å². The quantitative estimate of drug-likeness (QED) is 0.338. The lowest BCUT2D eigenvalue weighted by Crippen LogP contribution is -2.41. The lowest BCUT2D eigenvalue weighted by molar-refractivity contribution is 0.101. The highest BCUT2D eigenvalue weighted by atomic mass is 28.4. The van der Waals surface area contributed by atoms with Crippen molar-refractivity contribution in [2.24, 2.45) is 5.92 Å². The zero-order valence-corrected chi connectivity index (χ0v) is 17.3. The molecule has 0 aliphatic carbocycles. The Morgan fingerprint density at radius 1 is 1.21 bits per heavy atom. The van der Waals surface area contributed by atoms with Gasteiger partial charge in [-0.25, -0.2) is 0 Å². The monoisotopic (exact) mass is 344 g/mol. The van der Waals surface area contributed by atoms with E-state index >= 15 is 0 Å². The molecular formula is C21H32O2Si. The molecule has 0 saturated carbocycles. The van der Waals surface area contributed by atoms with Crippen LogP contribution < -0.4 is 0 Å². The summed E-state index contributed by atoms with van der Waals surface area (Å²) in [5, 5.41) is 0.181. The lowest BCUT2D eigenvalue weighted by Gasteiger charge is -2.36. The third-order valence-electron chi connectivity index (χ3n) is 4.89. The van der Waals surface area contributed by atoms with Gasteiger partial charge in [0.25, 0.3) is 0 Å². The Labute approximate surface area is 148 Å². The van der Waals surface area contributed by atoms with Crippen molar-refractivity contribution in [3.63, 3.8) is 0 Å². The largest absolute Gasteiger partial charge is 0.413 e. The summed E-state index contributed by atoms with van der Waals surface area (Å²) >= 11 is 0. The maximum Gasteiger partial charge on any atom is 0.192 e. The molecule has 0 bridgehead atoms. The Balaban J connectivity index is 3.08. The number of benzene rings is 1. The number of carbonyl (C=O) groups excluding carboxylic acids is 1. The molecule has 0 saturated heterocycles. The molecule has 0 fully saturated rings. The van der Waals surface area contributed by atoms with Crippen molar-refractivity contribution in [1.29, 1.82) is 0 Å².